The number of carbonyl (C=O) groups is 1. The van der Waals surface area contributed by atoms with Crippen LogP contribution in [0.25, 0.3) is 16.1 Å². The molecular weight excluding hydrogens is 538 g/mol. The Hall–Kier alpha value is -4.87. The molecule has 1 fully saturated rings. The molecule has 2 aromatic carbocycles. The summed E-state index contributed by atoms with van der Waals surface area (Å²) in [4.78, 5) is 28.6. The molecule has 1 amide bonds. The predicted molar refractivity (Wildman–Crippen MR) is 160 cm³/mol. The fourth-order valence-electron chi connectivity index (χ4n) is 4.69. The van der Waals surface area contributed by atoms with Crippen LogP contribution in [0.3, 0.4) is 0 Å². The van der Waals surface area contributed by atoms with E-state index in [1.54, 1.807) is 18.5 Å². The third-order valence-corrected chi connectivity index (χ3v) is 7.82. The van der Waals surface area contributed by atoms with Crippen molar-refractivity contribution in [2.75, 3.05) is 36.5 Å². The van der Waals surface area contributed by atoms with E-state index in [-0.39, 0.29) is 17.8 Å². The second-order valence-electron chi connectivity index (χ2n) is 9.34. The Balaban J connectivity index is 1.31. The number of hydrogen-bond donors (Lipinski definition) is 3. The SMILES string of the molecule is N=C(OC(N)=NC1C=C(c2ccccc2)c2ccccc2NC1=O)c1nc(-c2cccnc2)sc1N1CCOCC1. The first kappa shape index (κ1) is 26.4. The van der Waals surface area contributed by atoms with Gasteiger partial charge >= 0.3 is 0 Å². The molecule has 4 heterocycles. The van der Waals surface area contributed by atoms with Gasteiger partial charge in [-0.3, -0.25) is 15.2 Å². The molecule has 11 heteroatoms. The Morgan fingerprint density at radius 1 is 1.07 bits per heavy atom. The minimum atomic E-state index is -0.981. The first-order chi connectivity index (χ1) is 20.1. The number of pyridine rings is 1. The number of amidine groups is 1. The van der Waals surface area contributed by atoms with Crippen molar-refractivity contribution in [1.82, 2.24) is 9.97 Å². The minimum Gasteiger partial charge on any atom is -0.405 e. The number of nitrogens with one attached hydrogen (secondary N) is 2. The molecule has 10 nitrogen and oxygen atoms in total. The quantitative estimate of drug-likeness (QED) is 0.244. The highest BCUT2D eigenvalue weighted by Gasteiger charge is 2.27. The summed E-state index contributed by atoms with van der Waals surface area (Å²) >= 11 is 1.45. The Morgan fingerprint density at radius 3 is 2.61 bits per heavy atom. The van der Waals surface area contributed by atoms with Crippen LogP contribution >= 0.6 is 11.3 Å². The van der Waals surface area contributed by atoms with Gasteiger partial charge in [-0.15, -0.1) is 0 Å². The highest BCUT2D eigenvalue weighted by Crippen LogP contribution is 2.36. The summed E-state index contributed by atoms with van der Waals surface area (Å²) in [5, 5.41) is 13.2. The first-order valence-electron chi connectivity index (χ1n) is 13.1. The maximum Gasteiger partial charge on any atom is 0.290 e. The Bertz CT molecular complexity index is 1630. The van der Waals surface area contributed by atoms with Crippen molar-refractivity contribution in [3.63, 3.8) is 0 Å². The monoisotopic (exact) mass is 565 g/mol. The summed E-state index contributed by atoms with van der Waals surface area (Å²) in [6.07, 6.45) is 5.19. The summed E-state index contributed by atoms with van der Waals surface area (Å²) in [6.45, 7) is 2.47. The number of morpholine rings is 1. The molecule has 0 radical (unpaired) electrons. The zero-order chi connectivity index (χ0) is 28.2. The van der Waals surface area contributed by atoms with Crippen LogP contribution in [-0.4, -0.2) is 60.1 Å². The molecule has 1 saturated heterocycles. The van der Waals surface area contributed by atoms with E-state index in [1.165, 1.54) is 11.3 Å². The summed E-state index contributed by atoms with van der Waals surface area (Å²) in [5.41, 5.74) is 10.7. The van der Waals surface area contributed by atoms with Crippen molar-refractivity contribution >= 4 is 45.4 Å². The molecule has 0 bridgehead atoms. The van der Waals surface area contributed by atoms with Crippen LogP contribution in [0, 0.1) is 5.41 Å². The first-order valence-corrected chi connectivity index (χ1v) is 13.9. The van der Waals surface area contributed by atoms with Crippen LogP contribution in [-0.2, 0) is 14.3 Å². The van der Waals surface area contributed by atoms with Gasteiger partial charge in [-0.05, 0) is 35.4 Å². The molecule has 1 atom stereocenters. The second-order valence-corrected chi connectivity index (χ2v) is 10.3. The Labute approximate surface area is 240 Å². The number of aliphatic imine (C=N–C) groups is 1. The van der Waals surface area contributed by atoms with Gasteiger partial charge in [0.1, 0.15) is 10.0 Å². The number of rotatable bonds is 5. The number of thiazole rings is 1. The van der Waals surface area contributed by atoms with Crippen molar-refractivity contribution in [1.29, 1.82) is 5.41 Å². The number of anilines is 2. The molecule has 4 N–H and O–H groups in total. The van der Waals surface area contributed by atoms with Gasteiger partial charge in [0.2, 0.25) is 5.90 Å². The summed E-state index contributed by atoms with van der Waals surface area (Å²) < 4.78 is 11.2. The molecule has 2 aromatic heterocycles. The Morgan fingerprint density at radius 2 is 1.83 bits per heavy atom. The lowest BCUT2D eigenvalue weighted by molar-refractivity contribution is -0.116. The molecule has 4 aromatic rings. The van der Waals surface area contributed by atoms with Crippen LogP contribution in [0.4, 0.5) is 10.7 Å². The number of ether oxygens (including phenoxy) is 2. The lowest BCUT2D eigenvalue weighted by Gasteiger charge is -2.27. The molecule has 1 unspecified atom stereocenters. The number of benzene rings is 2. The molecule has 6 rings (SSSR count). The van der Waals surface area contributed by atoms with Crippen LogP contribution in [0.2, 0.25) is 0 Å². The van der Waals surface area contributed by atoms with Crippen LogP contribution in [0.15, 0.2) is 90.2 Å². The van der Waals surface area contributed by atoms with Crippen molar-refractivity contribution in [2.24, 2.45) is 10.7 Å². The van der Waals surface area contributed by atoms with E-state index in [1.807, 2.05) is 66.7 Å². The van der Waals surface area contributed by atoms with Gasteiger partial charge < -0.3 is 25.4 Å². The van der Waals surface area contributed by atoms with Gasteiger partial charge in [-0.1, -0.05) is 59.9 Å². The van der Waals surface area contributed by atoms with E-state index in [2.05, 4.69) is 20.2 Å². The molecule has 2 aliphatic heterocycles. The number of carbonyl (C=O) groups excluding carboxylic acids is 1. The van der Waals surface area contributed by atoms with Gasteiger partial charge in [0.05, 0.1) is 13.2 Å². The van der Waals surface area contributed by atoms with E-state index in [4.69, 9.17) is 25.6 Å². The number of para-hydroxylation sites is 1. The van der Waals surface area contributed by atoms with E-state index in [0.29, 0.717) is 42.7 Å². The van der Waals surface area contributed by atoms with Crippen LogP contribution in [0.1, 0.15) is 16.8 Å². The van der Waals surface area contributed by atoms with E-state index in [9.17, 15) is 4.79 Å². The van der Waals surface area contributed by atoms with Crippen LogP contribution in [0.5, 0.6) is 0 Å². The van der Waals surface area contributed by atoms with Crippen molar-refractivity contribution in [3.05, 3.63) is 102 Å². The molecule has 41 heavy (non-hydrogen) atoms. The summed E-state index contributed by atoms with van der Waals surface area (Å²) in [6, 6.07) is 19.8. The molecular formula is C30H27N7O3S. The number of fused-ring (bicyclic) bond motifs is 1. The topological polar surface area (TPSA) is 139 Å². The van der Waals surface area contributed by atoms with Crippen molar-refractivity contribution < 1.29 is 14.3 Å². The number of nitrogens with two attached hydrogens (primary N) is 1. The molecule has 0 saturated carbocycles. The molecule has 0 spiro atoms. The van der Waals surface area contributed by atoms with Crippen molar-refractivity contribution in [3.8, 4) is 10.6 Å². The van der Waals surface area contributed by atoms with Crippen LogP contribution < -0.4 is 16.0 Å². The number of hydrogen-bond acceptors (Lipinski definition) is 9. The standard InChI is InChI=1S/C30H27N7O3S/c31-26(25-29(37-13-15-39-16-14-37)41-28(36-25)20-9-6-12-33-18-20)40-30(32)35-24-17-22(19-7-2-1-3-8-19)21-10-4-5-11-23(21)34-27(24)38/h1-12,17-18,24,31H,13-16H2,(H2,32,35)(H,34,38). The van der Waals surface area contributed by atoms with Gasteiger partial charge in [-0.25, -0.2) is 9.98 Å². The minimum absolute atomic E-state index is 0.260. The zero-order valence-corrected chi connectivity index (χ0v) is 22.8. The smallest absolute Gasteiger partial charge is 0.290 e. The number of nitrogens with zero attached hydrogens (tertiary/aromatic N) is 4. The zero-order valence-electron chi connectivity index (χ0n) is 22.0. The number of aromatic nitrogens is 2. The predicted octanol–water partition coefficient (Wildman–Crippen LogP) is 4.15. The third-order valence-electron chi connectivity index (χ3n) is 6.66. The average Bonchev–Trinajstić information content (AvgIpc) is 3.41. The van der Waals surface area contributed by atoms with E-state index < -0.39 is 6.04 Å². The fourth-order valence-corrected chi connectivity index (χ4v) is 5.80. The lowest BCUT2D eigenvalue weighted by Crippen LogP contribution is -2.37. The summed E-state index contributed by atoms with van der Waals surface area (Å²) in [7, 11) is 0. The molecule has 0 aliphatic carbocycles. The second kappa shape index (κ2) is 11.7. The Kier molecular flexibility index (Phi) is 7.52. The van der Waals surface area contributed by atoms with Gasteiger partial charge in [0.15, 0.2) is 11.7 Å². The maximum atomic E-state index is 13.2. The normalized spacial score (nSPS) is 17.2. The van der Waals surface area contributed by atoms with Gasteiger partial charge in [0.25, 0.3) is 11.9 Å². The largest absolute Gasteiger partial charge is 0.405 e. The van der Waals surface area contributed by atoms with E-state index >= 15 is 0 Å². The van der Waals surface area contributed by atoms with E-state index in [0.717, 1.165) is 27.3 Å². The number of amides is 1. The summed E-state index contributed by atoms with van der Waals surface area (Å²) in [5.74, 6) is -0.619. The highest BCUT2D eigenvalue weighted by atomic mass is 32.1. The molecule has 206 valence electrons. The van der Waals surface area contributed by atoms with Gasteiger partial charge in [-0.2, -0.15) is 0 Å². The molecule has 2 aliphatic rings. The van der Waals surface area contributed by atoms with Gasteiger partial charge in [0, 0.05) is 42.3 Å². The fraction of sp³-hybridized carbons (Fsp3) is 0.167. The maximum absolute atomic E-state index is 13.2. The highest BCUT2D eigenvalue weighted by molar-refractivity contribution is 7.19. The van der Waals surface area contributed by atoms with Crippen molar-refractivity contribution in [2.45, 2.75) is 6.04 Å². The lowest BCUT2D eigenvalue weighted by atomic mass is 9.96. The average molecular weight is 566 g/mol. The third kappa shape index (κ3) is 5.72.